The number of halogens is 3. The number of alkyl halides is 3. The minimum Gasteiger partial charge on any atom is -0.508 e. The van der Waals surface area contributed by atoms with Crippen LogP contribution < -0.4 is 15.4 Å². The second kappa shape index (κ2) is 9.20. The summed E-state index contributed by atoms with van der Waals surface area (Å²) in [7, 11) is 0. The van der Waals surface area contributed by atoms with E-state index in [0.29, 0.717) is 30.3 Å². The van der Waals surface area contributed by atoms with Crippen molar-refractivity contribution in [3.05, 3.63) is 71.6 Å². The van der Waals surface area contributed by atoms with Crippen LogP contribution in [-0.2, 0) is 17.5 Å². The minimum absolute atomic E-state index is 0.0389. The Bertz CT molecular complexity index is 1260. The third kappa shape index (κ3) is 5.48. The molecular weight excluding hydrogens is 467 g/mol. The summed E-state index contributed by atoms with van der Waals surface area (Å²) in [4.78, 5) is 37.1. The molecule has 9 nitrogen and oxygen atoms in total. The van der Waals surface area contributed by atoms with E-state index >= 15 is 0 Å². The maximum Gasteiger partial charge on any atom is 0.420 e. The number of phenolic OH excluding ortho intramolecular Hbond substituents is 1. The van der Waals surface area contributed by atoms with E-state index < -0.39 is 34.7 Å². The van der Waals surface area contributed by atoms with Crippen LogP contribution in [0.4, 0.5) is 13.2 Å². The van der Waals surface area contributed by atoms with Gasteiger partial charge in [0.25, 0.3) is 5.91 Å². The van der Waals surface area contributed by atoms with Gasteiger partial charge >= 0.3 is 6.18 Å². The van der Waals surface area contributed by atoms with Gasteiger partial charge in [0.2, 0.25) is 5.91 Å². The molecule has 0 spiro atoms. The third-order valence-electron chi connectivity index (χ3n) is 5.42. The first-order valence-corrected chi connectivity index (χ1v) is 10.5. The van der Waals surface area contributed by atoms with Crippen LogP contribution >= 0.6 is 0 Å². The lowest BCUT2D eigenvalue weighted by Gasteiger charge is -2.17. The molecule has 12 heteroatoms. The monoisotopic (exact) mass is 487 g/mol. The van der Waals surface area contributed by atoms with Gasteiger partial charge in [0.1, 0.15) is 34.7 Å². The zero-order chi connectivity index (χ0) is 25.2. The quantitative estimate of drug-likeness (QED) is 0.467. The maximum absolute atomic E-state index is 13.2. The molecule has 0 aliphatic heterocycles. The van der Waals surface area contributed by atoms with E-state index in [0.717, 1.165) is 12.1 Å². The number of aromatic hydroxyl groups is 1. The molecule has 2 aromatic heterocycles. The smallest absolute Gasteiger partial charge is 0.420 e. The second-order valence-electron chi connectivity index (χ2n) is 8.01. The van der Waals surface area contributed by atoms with E-state index in [2.05, 4.69) is 25.6 Å². The number of carbonyl (C=O) groups is 2. The van der Waals surface area contributed by atoms with Crippen molar-refractivity contribution in [2.24, 2.45) is 0 Å². The lowest BCUT2D eigenvalue weighted by Crippen LogP contribution is -2.49. The first kappa shape index (κ1) is 23.9. The Morgan fingerprint density at radius 3 is 2.54 bits per heavy atom. The van der Waals surface area contributed by atoms with Gasteiger partial charge in [-0.05, 0) is 50.1 Å². The van der Waals surface area contributed by atoms with Crippen LogP contribution in [0.1, 0.15) is 40.2 Å². The van der Waals surface area contributed by atoms with E-state index in [1.165, 1.54) is 30.9 Å². The number of benzene rings is 1. The molecule has 0 radical (unpaired) electrons. The second-order valence-corrected chi connectivity index (χ2v) is 8.01. The third-order valence-corrected chi connectivity index (χ3v) is 5.42. The highest BCUT2D eigenvalue weighted by Gasteiger charge is 2.51. The predicted octanol–water partition coefficient (Wildman–Crippen LogP) is 3.28. The summed E-state index contributed by atoms with van der Waals surface area (Å²) in [5.41, 5.74) is -0.930. The standard InChI is InChI=1S/C23H20F3N5O4/c1-13-17(11-27-12-30-13)20(33)31-22(6-7-22)21(34)29-9-14-2-4-16(10-28-14)35-19-5-3-15(32)8-18(19)23(24,25)26/h2-5,8,10-12,32H,6-7,9H2,1H3,(H,29,34)(H,31,33). The van der Waals surface area contributed by atoms with Gasteiger partial charge in [-0.15, -0.1) is 0 Å². The Balaban J connectivity index is 1.36. The Hall–Kier alpha value is -4.22. The van der Waals surface area contributed by atoms with Crippen molar-refractivity contribution in [2.75, 3.05) is 0 Å². The van der Waals surface area contributed by atoms with Crippen LogP contribution in [0.15, 0.2) is 49.1 Å². The van der Waals surface area contributed by atoms with E-state index in [9.17, 15) is 27.9 Å². The molecule has 1 aliphatic rings. The maximum atomic E-state index is 13.2. The SMILES string of the molecule is Cc1ncncc1C(=O)NC1(C(=O)NCc2ccc(Oc3ccc(O)cc3C(F)(F)F)cn2)CC1. The molecule has 0 unspecified atom stereocenters. The summed E-state index contributed by atoms with van der Waals surface area (Å²) in [6.07, 6.45) is 0.175. The van der Waals surface area contributed by atoms with Crippen LogP contribution in [0.3, 0.4) is 0 Å². The number of carbonyl (C=O) groups excluding carboxylic acids is 2. The van der Waals surface area contributed by atoms with Gasteiger partial charge in [-0.25, -0.2) is 9.97 Å². The van der Waals surface area contributed by atoms with E-state index in [1.54, 1.807) is 6.92 Å². The van der Waals surface area contributed by atoms with Gasteiger partial charge in [-0.3, -0.25) is 14.6 Å². The van der Waals surface area contributed by atoms with Gasteiger partial charge in [-0.2, -0.15) is 13.2 Å². The van der Waals surface area contributed by atoms with Crippen LogP contribution in [0.25, 0.3) is 0 Å². The van der Waals surface area contributed by atoms with Crippen molar-refractivity contribution in [1.82, 2.24) is 25.6 Å². The number of phenols is 1. The fraction of sp³-hybridized carbons (Fsp3) is 0.261. The lowest BCUT2D eigenvalue weighted by molar-refractivity contribution is -0.138. The van der Waals surface area contributed by atoms with E-state index in [-0.39, 0.29) is 23.8 Å². The molecule has 3 aromatic rings. The molecule has 2 heterocycles. The van der Waals surface area contributed by atoms with Crippen molar-refractivity contribution in [3.8, 4) is 17.2 Å². The largest absolute Gasteiger partial charge is 0.508 e. The molecule has 3 N–H and O–H groups in total. The number of hydrogen-bond acceptors (Lipinski definition) is 7. The van der Waals surface area contributed by atoms with E-state index in [4.69, 9.17) is 4.74 Å². The summed E-state index contributed by atoms with van der Waals surface area (Å²) >= 11 is 0. The Morgan fingerprint density at radius 1 is 1.14 bits per heavy atom. The van der Waals surface area contributed by atoms with Crippen molar-refractivity contribution in [1.29, 1.82) is 0 Å². The number of aromatic nitrogens is 3. The fourth-order valence-corrected chi connectivity index (χ4v) is 3.30. The molecule has 1 fully saturated rings. The normalized spacial score (nSPS) is 14.2. The molecule has 2 amide bonds. The van der Waals surface area contributed by atoms with Crippen LogP contribution in [0.5, 0.6) is 17.2 Å². The Morgan fingerprint density at radius 2 is 1.91 bits per heavy atom. The molecule has 0 bridgehead atoms. The molecule has 0 saturated heterocycles. The van der Waals surface area contributed by atoms with Crippen LogP contribution in [-0.4, -0.2) is 37.4 Å². The zero-order valence-corrected chi connectivity index (χ0v) is 18.4. The highest BCUT2D eigenvalue weighted by atomic mass is 19.4. The Labute approximate surface area is 197 Å². The highest BCUT2D eigenvalue weighted by Crippen LogP contribution is 2.40. The average Bonchev–Trinajstić information content (AvgIpc) is 3.59. The van der Waals surface area contributed by atoms with Gasteiger partial charge in [-0.1, -0.05) is 0 Å². The number of ether oxygens (including phenoxy) is 1. The van der Waals surface area contributed by atoms with Crippen molar-refractivity contribution in [2.45, 2.75) is 38.0 Å². The first-order valence-electron chi connectivity index (χ1n) is 10.5. The molecule has 1 aliphatic carbocycles. The number of amides is 2. The van der Waals surface area contributed by atoms with Gasteiger partial charge in [0.15, 0.2) is 0 Å². The summed E-state index contributed by atoms with van der Waals surface area (Å²) in [5, 5.41) is 14.8. The number of pyridine rings is 1. The molecule has 1 aromatic carbocycles. The summed E-state index contributed by atoms with van der Waals surface area (Å²) in [5.74, 6) is -1.79. The van der Waals surface area contributed by atoms with Crippen LogP contribution in [0, 0.1) is 6.92 Å². The van der Waals surface area contributed by atoms with Crippen molar-refractivity contribution < 1.29 is 32.6 Å². The number of nitrogens with one attached hydrogen (secondary N) is 2. The molecule has 0 atom stereocenters. The fourth-order valence-electron chi connectivity index (χ4n) is 3.30. The van der Waals surface area contributed by atoms with Gasteiger partial charge in [0.05, 0.1) is 29.7 Å². The first-order chi connectivity index (χ1) is 16.6. The minimum atomic E-state index is -4.72. The van der Waals surface area contributed by atoms with Gasteiger partial charge < -0.3 is 20.5 Å². The molecule has 4 rings (SSSR count). The number of hydrogen-bond donors (Lipinski definition) is 3. The summed E-state index contributed by atoms with van der Waals surface area (Å²) in [6.45, 7) is 1.71. The lowest BCUT2D eigenvalue weighted by atomic mass is 10.2. The van der Waals surface area contributed by atoms with Crippen molar-refractivity contribution in [3.63, 3.8) is 0 Å². The van der Waals surface area contributed by atoms with Crippen LogP contribution in [0.2, 0.25) is 0 Å². The molecular formula is C23H20F3N5O4. The molecule has 182 valence electrons. The van der Waals surface area contributed by atoms with Gasteiger partial charge in [0, 0.05) is 6.20 Å². The predicted molar refractivity (Wildman–Crippen MR) is 115 cm³/mol. The topological polar surface area (TPSA) is 126 Å². The number of rotatable bonds is 7. The highest BCUT2D eigenvalue weighted by molar-refractivity contribution is 6.01. The average molecular weight is 487 g/mol. The molecule has 35 heavy (non-hydrogen) atoms. The van der Waals surface area contributed by atoms with E-state index in [1.807, 2.05) is 0 Å². The zero-order valence-electron chi connectivity index (χ0n) is 18.4. The summed E-state index contributed by atoms with van der Waals surface area (Å²) in [6, 6.07) is 5.57. The van der Waals surface area contributed by atoms with Crippen molar-refractivity contribution >= 4 is 11.8 Å². The number of aryl methyl sites for hydroxylation is 1. The molecule has 1 saturated carbocycles. The Kier molecular flexibility index (Phi) is 6.29. The number of nitrogens with zero attached hydrogens (tertiary/aromatic N) is 3. The summed E-state index contributed by atoms with van der Waals surface area (Å²) < 4.78 is 44.9.